The molecule has 1 heterocycles. The van der Waals surface area contributed by atoms with Crippen LogP contribution in [0.25, 0.3) is 0 Å². The van der Waals surface area contributed by atoms with Crippen molar-refractivity contribution in [3.8, 4) is 0 Å². The Morgan fingerprint density at radius 1 is 1.40 bits per heavy atom. The Balaban J connectivity index is 2.47. The fourth-order valence-electron chi connectivity index (χ4n) is 2.02. The Labute approximate surface area is 88.9 Å². The first-order chi connectivity index (χ1) is 7.20. The Bertz CT molecular complexity index is 378. The van der Waals surface area contributed by atoms with Gasteiger partial charge in [-0.3, -0.25) is 4.90 Å². The Hall–Kier alpha value is -1.55. The first kappa shape index (κ1) is 9.98. The highest BCUT2D eigenvalue weighted by Gasteiger charge is 2.22. The van der Waals surface area contributed by atoms with Crippen molar-refractivity contribution < 1.29 is 4.79 Å². The SMILES string of the molecule is NC(=O)N1CCCC(N)c2ccccc21. The topological polar surface area (TPSA) is 72.4 Å². The summed E-state index contributed by atoms with van der Waals surface area (Å²) >= 11 is 0. The standard InChI is InChI=1S/C11H15N3O/c12-9-5-3-7-14(11(13)15)10-6-2-1-4-8(9)10/h1-2,4,6,9H,3,5,7,12H2,(H2,13,15). The summed E-state index contributed by atoms with van der Waals surface area (Å²) in [7, 11) is 0. The summed E-state index contributed by atoms with van der Waals surface area (Å²) in [4.78, 5) is 12.9. The highest BCUT2D eigenvalue weighted by molar-refractivity contribution is 5.91. The smallest absolute Gasteiger partial charge is 0.319 e. The maximum Gasteiger partial charge on any atom is 0.319 e. The molecular weight excluding hydrogens is 190 g/mol. The molecule has 1 atom stereocenters. The minimum Gasteiger partial charge on any atom is -0.351 e. The lowest BCUT2D eigenvalue weighted by Crippen LogP contribution is -2.36. The second-order valence-electron chi connectivity index (χ2n) is 3.80. The minimum absolute atomic E-state index is 0.00514. The van der Waals surface area contributed by atoms with Crippen LogP contribution in [0.2, 0.25) is 0 Å². The molecule has 15 heavy (non-hydrogen) atoms. The van der Waals surface area contributed by atoms with Gasteiger partial charge in [-0.2, -0.15) is 0 Å². The van der Waals surface area contributed by atoms with Gasteiger partial charge in [0.15, 0.2) is 0 Å². The number of nitrogens with two attached hydrogens (primary N) is 2. The number of hydrogen-bond donors (Lipinski definition) is 2. The predicted octanol–water partition coefficient (Wildman–Crippen LogP) is 1.37. The molecule has 2 rings (SSSR count). The summed E-state index contributed by atoms with van der Waals surface area (Å²) in [6.07, 6.45) is 1.78. The van der Waals surface area contributed by atoms with Gasteiger partial charge in [-0.25, -0.2) is 4.79 Å². The van der Waals surface area contributed by atoms with Crippen molar-refractivity contribution in [1.29, 1.82) is 0 Å². The number of fused-ring (bicyclic) bond motifs is 1. The first-order valence-corrected chi connectivity index (χ1v) is 5.11. The Morgan fingerprint density at radius 2 is 2.13 bits per heavy atom. The zero-order valence-corrected chi connectivity index (χ0v) is 8.52. The quantitative estimate of drug-likeness (QED) is 0.671. The number of carbonyl (C=O) groups excluding carboxylic acids is 1. The van der Waals surface area contributed by atoms with Crippen molar-refractivity contribution in [2.75, 3.05) is 11.4 Å². The molecule has 0 radical (unpaired) electrons. The molecule has 4 heteroatoms. The van der Waals surface area contributed by atoms with Crippen LogP contribution < -0.4 is 16.4 Å². The summed E-state index contributed by atoms with van der Waals surface area (Å²) in [6.45, 7) is 0.653. The van der Waals surface area contributed by atoms with E-state index in [1.54, 1.807) is 4.90 Å². The van der Waals surface area contributed by atoms with Crippen molar-refractivity contribution in [2.24, 2.45) is 11.5 Å². The fraction of sp³-hybridized carbons (Fsp3) is 0.364. The fourth-order valence-corrected chi connectivity index (χ4v) is 2.02. The minimum atomic E-state index is -0.406. The Morgan fingerprint density at radius 3 is 2.87 bits per heavy atom. The average Bonchev–Trinajstić information content (AvgIpc) is 2.39. The van der Waals surface area contributed by atoms with Crippen LogP contribution in [0.5, 0.6) is 0 Å². The van der Waals surface area contributed by atoms with Crippen LogP contribution in [-0.2, 0) is 0 Å². The highest BCUT2D eigenvalue weighted by Crippen LogP contribution is 2.30. The highest BCUT2D eigenvalue weighted by atomic mass is 16.2. The molecule has 0 spiro atoms. The van der Waals surface area contributed by atoms with E-state index in [1.165, 1.54) is 0 Å². The van der Waals surface area contributed by atoms with E-state index in [0.29, 0.717) is 6.54 Å². The number of hydrogen-bond acceptors (Lipinski definition) is 2. The molecule has 1 aliphatic heterocycles. The molecule has 0 saturated heterocycles. The van der Waals surface area contributed by atoms with Gasteiger partial charge in [-0.05, 0) is 24.5 Å². The predicted molar refractivity (Wildman–Crippen MR) is 59.5 cm³/mol. The number of carbonyl (C=O) groups is 1. The van der Waals surface area contributed by atoms with Crippen LogP contribution in [-0.4, -0.2) is 12.6 Å². The molecule has 1 unspecified atom stereocenters. The lowest BCUT2D eigenvalue weighted by atomic mass is 10.0. The van der Waals surface area contributed by atoms with Crippen molar-refractivity contribution >= 4 is 11.7 Å². The van der Waals surface area contributed by atoms with Crippen LogP contribution >= 0.6 is 0 Å². The number of nitrogens with zero attached hydrogens (tertiary/aromatic N) is 1. The second-order valence-corrected chi connectivity index (χ2v) is 3.80. The van der Waals surface area contributed by atoms with E-state index in [-0.39, 0.29) is 6.04 Å². The van der Waals surface area contributed by atoms with E-state index < -0.39 is 6.03 Å². The normalized spacial score (nSPS) is 20.6. The molecule has 1 aromatic rings. The van der Waals surface area contributed by atoms with E-state index in [0.717, 1.165) is 24.1 Å². The van der Waals surface area contributed by atoms with Gasteiger partial charge in [-0.15, -0.1) is 0 Å². The van der Waals surface area contributed by atoms with E-state index in [4.69, 9.17) is 11.5 Å². The summed E-state index contributed by atoms with van der Waals surface area (Å²) in [5.74, 6) is 0. The zero-order chi connectivity index (χ0) is 10.8. The number of urea groups is 1. The molecular formula is C11H15N3O. The van der Waals surface area contributed by atoms with E-state index in [2.05, 4.69) is 0 Å². The third-order valence-corrected chi connectivity index (χ3v) is 2.79. The van der Waals surface area contributed by atoms with E-state index in [9.17, 15) is 4.79 Å². The van der Waals surface area contributed by atoms with Gasteiger partial charge in [0.25, 0.3) is 0 Å². The molecule has 0 saturated carbocycles. The maximum atomic E-state index is 11.3. The maximum absolute atomic E-state index is 11.3. The van der Waals surface area contributed by atoms with Crippen LogP contribution in [0.15, 0.2) is 24.3 Å². The van der Waals surface area contributed by atoms with Crippen molar-refractivity contribution in [3.05, 3.63) is 29.8 Å². The van der Waals surface area contributed by atoms with Crippen LogP contribution in [0.3, 0.4) is 0 Å². The van der Waals surface area contributed by atoms with Crippen molar-refractivity contribution in [2.45, 2.75) is 18.9 Å². The molecule has 0 fully saturated rings. The molecule has 1 aromatic carbocycles. The molecule has 2 amide bonds. The van der Waals surface area contributed by atoms with Crippen LogP contribution in [0, 0.1) is 0 Å². The van der Waals surface area contributed by atoms with Crippen molar-refractivity contribution in [3.63, 3.8) is 0 Å². The summed E-state index contributed by atoms with van der Waals surface area (Å²) in [6, 6.07) is 7.28. The second kappa shape index (κ2) is 3.90. The van der Waals surface area contributed by atoms with Gasteiger partial charge < -0.3 is 11.5 Å². The van der Waals surface area contributed by atoms with Crippen molar-refractivity contribution in [1.82, 2.24) is 0 Å². The zero-order valence-electron chi connectivity index (χ0n) is 8.52. The number of primary amides is 1. The third-order valence-electron chi connectivity index (χ3n) is 2.79. The summed E-state index contributed by atoms with van der Waals surface area (Å²) in [5, 5.41) is 0. The van der Waals surface area contributed by atoms with Gasteiger partial charge in [0, 0.05) is 12.6 Å². The molecule has 0 aliphatic carbocycles. The third kappa shape index (κ3) is 1.80. The molecule has 80 valence electrons. The molecule has 1 aliphatic rings. The molecule has 0 aromatic heterocycles. The van der Waals surface area contributed by atoms with Gasteiger partial charge in [0.05, 0.1) is 5.69 Å². The monoisotopic (exact) mass is 205 g/mol. The van der Waals surface area contributed by atoms with Crippen LogP contribution in [0.4, 0.5) is 10.5 Å². The van der Waals surface area contributed by atoms with Gasteiger partial charge in [-0.1, -0.05) is 18.2 Å². The number of anilines is 1. The number of para-hydroxylation sites is 1. The molecule has 0 bridgehead atoms. The largest absolute Gasteiger partial charge is 0.351 e. The first-order valence-electron chi connectivity index (χ1n) is 5.11. The van der Waals surface area contributed by atoms with Gasteiger partial charge in [0.1, 0.15) is 0 Å². The average molecular weight is 205 g/mol. The van der Waals surface area contributed by atoms with E-state index >= 15 is 0 Å². The lowest BCUT2D eigenvalue weighted by molar-refractivity contribution is 0.254. The number of amides is 2. The number of benzene rings is 1. The van der Waals surface area contributed by atoms with Crippen LogP contribution in [0.1, 0.15) is 24.4 Å². The Kier molecular flexibility index (Phi) is 2.60. The van der Waals surface area contributed by atoms with E-state index in [1.807, 2.05) is 24.3 Å². The summed E-state index contributed by atoms with van der Waals surface area (Å²) < 4.78 is 0. The lowest BCUT2D eigenvalue weighted by Gasteiger charge is -2.20. The van der Waals surface area contributed by atoms with Gasteiger partial charge in [0.2, 0.25) is 0 Å². The summed E-state index contributed by atoms with van der Waals surface area (Å²) in [5.41, 5.74) is 13.2. The number of rotatable bonds is 0. The molecule has 4 N–H and O–H groups in total. The van der Waals surface area contributed by atoms with Gasteiger partial charge >= 0.3 is 6.03 Å². The molecule has 4 nitrogen and oxygen atoms in total.